The number of hydrogen-bond acceptors (Lipinski definition) is 5. The lowest BCUT2D eigenvalue weighted by atomic mass is 9.93. The summed E-state index contributed by atoms with van der Waals surface area (Å²) in [4.78, 5) is 16.6. The van der Waals surface area contributed by atoms with E-state index in [4.69, 9.17) is 11.5 Å². The molecular formula is C14H18N4OS. The van der Waals surface area contributed by atoms with Crippen LogP contribution < -0.4 is 16.8 Å². The van der Waals surface area contributed by atoms with E-state index in [1.807, 2.05) is 5.38 Å². The van der Waals surface area contributed by atoms with E-state index >= 15 is 0 Å². The monoisotopic (exact) mass is 290 g/mol. The first-order valence-electron chi connectivity index (χ1n) is 6.20. The standard InChI is InChI=1S/C14H18N4OS/c1-14(2,3)11-7-20-13(17-11)18-12(19)9-5-4-8(15)6-10(9)16/h4-7H,15-16H2,1-3H3,(H,17,18,19). The highest BCUT2D eigenvalue weighted by Gasteiger charge is 2.18. The highest BCUT2D eigenvalue weighted by atomic mass is 32.1. The van der Waals surface area contributed by atoms with Crippen molar-refractivity contribution < 1.29 is 4.79 Å². The maximum absolute atomic E-state index is 12.1. The lowest BCUT2D eigenvalue weighted by molar-refractivity contribution is 0.102. The summed E-state index contributed by atoms with van der Waals surface area (Å²) in [5.41, 5.74) is 13.6. The van der Waals surface area contributed by atoms with Crippen molar-refractivity contribution in [2.75, 3.05) is 16.8 Å². The molecule has 0 fully saturated rings. The highest BCUT2D eigenvalue weighted by Crippen LogP contribution is 2.27. The lowest BCUT2D eigenvalue weighted by Crippen LogP contribution is -2.15. The summed E-state index contributed by atoms with van der Waals surface area (Å²) >= 11 is 1.40. The Kier molecular flexibility index (Phi) is 3.67. The maximum atomic E-state index is 12.1. The van der Waals surface area contributed by atoms with Gasteiger partial charge in [-0.15, -0.1) is 11.3 Å². The Morgan fingerprint density at radius 1 is 1.30 bits per heavy atom. The van der Waals surface area contributed by atoms with Gasteiger partial charge in [0.25, 0.3) is 5.91 Å². The van der Waals surface area contributed by atoms with Gasteiger partial charge in [-0.1, -0.05) is 20.8 Å². The van der Waals surface area contributed by atoms with Crippen molar-refractivity contribution in [3.05, 3.63) is 34.8 Å². The quantitative estimate of drug-likeness (QED) is 0.741. The number of anilines is 3. The molecule has 1 aromatic heterocycles. The van der Waals surface area contributed by atoms with E-state index in [-0.39, 0.29) is 11.3 Å². The Hall–Kier alpha value is -2.08. The Labute approximate surface area is 122 Å². The molecule has 0 spiro atoms. The van der Waals surface area contributed by atoms with Crippen molar-refractivity contribution in [1.29, 1.82) is 0 Å². The second-order valence-electron chi connectivity index (χ2n) is 5.59. The zero-order valence-corrected chi connectivity index (χ0v) is 12.5. The average Bonchev–Trinajstić information content (AvgIpc) is 2.76. The lowest BCUT2D eigenvalue weighted by Gasteiger charge is -2.14. The van der Waals surface area contributed by atoms with Gasteiger partial charge in [-0.25, -0.2) is 4.98 Å². The predicted octanol–water partition coefficient (Wildman–Crippen LogP) is 2.86. The minimum atomic E-state index is -0.280. The van der Waals surface area contributed by atoms with Crippen LogP contribution in [-0.4, -0.2) is 10.9 Å². The van der Waals surface area contributed by atoms with Gasteiger partial charge < -0.3 is 11.5 Å². The molecule has 0 saturated heterocycles. The third-order valence-electron chi connectivity index (χ3n) is 2.81. The number of rotatable bonds is 2. The van der Waals surface area contributed by atoms with Gasteiger partial charge >= 0.3 is 0 Å². The van der Waals surface area contributed by atoms with E-state index in [1.165, 1.54) is 11.3 Å². The zero-order chi connectivity index (χ0) is 14.9. The van der Waals surface area contributed by atoms with Crippen molar-refractivity contribution in [3.8, 4) is 0 Å². The van der Waals surface area contributed by atoms with Crippen LogP contribution in [0.1, 0.15) is 36.8 Å². The molecule has 2 aromatic rings. The number of carbonyl (C=O) groups excluding carboxylic acids is 1. The number of hydrogen-bond donors (Lipinski definition) is 3. The van der Waals surface area contributed by atoms with Crippen LogP contribution in [0.15, 0.2) is 23.6 Å². The molecule has 6 heteroatoms. The van der Waals surface area contributed by atoms with Crippen molar-refractivity contribution in [1.82, 2.24) is 4.98 Å². The first kappa shape index (κ1) is 14.3. The zero-order valence-electron chi connectivity index (χ0n) is 11.7. The number of aromatic nitrogens is 1. The summed E-state index contributed by atoms with van der Waals surface area (Å²) in [6, 6.07) is 4.82. The Morgan fingerprint density at radius 2 is 2.00 bits per heavy atom. The minimum absolute atomic E-state index is 0.0420. The van der Waals surface area contributed by atoms with Gasteiger partial charge in [0.15, 0.2) is 5.13 Å². The molecule has 1 heterocycles. The third kappa shape index (κ3) is 3.08. The van der Waals surface area contributed by atoms with Crippen molar-refractivity contribution in [2.24, 2.45) is 0 Å². The van der Waals surface area contributed by atoms with Crippen LogP contribution in [0.2, 0.25) is 0 Å². The molecule has 2 rings (SSSR count). The third-order valence-corrected chi connectivity index (χ3v) is 3.57. The molecule has 0 radical (unpaired) electrons. The largest absolute Gasteiger partial charge is 0.399 e. The summed E-state index contributed by atoms with van der Waals surface area (Å²) in [7, 11) is 0. The summed E-state index contributed by atoms with van der Waals surface area (Å²) in [6.07, 6.45) is 0. The van der Waals surface area contributed by atoms with Crippen LogP contribution in [0, 0.1) is 0 Å². The number of carbonyl (C=O) groups is 1. The molecule has 0 bridgehead atoms. The molecule has 5 nitrogen and oxygen atoms in total. The molecule has 1 aromatic carbocycles. The van der Waals surface area contributed by atoms with E-state index in [0.29, 0.717) is 22.1 Å². The number of nitrogens with zero attached hydrogens (tertiary/aromatic N) is 1. The fourth-order valence-corrected chi connectivity index (χ4v) is 2.56. The highest BCUT2D eigenvalue weighted by molar-refractivity contribution is 7.14. The fourth-order valence-electron chi connectivity index (χ4n) is 1.63. The summed E-state index contributed by atoms with van der Waals surface area (Å²) in [6.45, 7) is 6.23. The molecule has 0 unspecified atom stereocenters. The topological polar surface area (TPSA) is 94.0 Å². The van der Waals surface area contributed by atoms with Crippen LogP contribution in [0.3, 0.4) is 0 Å². The number of thiazole rings is 1. The summed E-state index contributed by atoms with van der Waals surface area (Å²) in [5, 5.41) is 5.27. The number of benzene rings is 1. The molecule has 0 aliphatic rings. The van der Waals surface area contributed by atoms with Gasteiger partial charge in [0.1, 0.15) is 0 Å². The number of nitrogens with two attached hydrogens (primary N) is 2. The first-order valence-corrected chi connectivity index (χ1v) is 7.07. The van der Waals surface area contributed by atoms with E-state index in [2.05, 4.69) is 31.1 Å². The van der Waals surface area contributed by atoms with E-state index in [9.17, 15) is 4.79 Å². The molecule has 0 aliphatic heterocycles. The predicted molar refractivity (Wildman–Crippen MR) is 84.0 cm³/mol. The van der Waals surface area contributed by atoms with Crippen molar-refractivity contribution >= 4 is 33.8 Å². The van der Waals surface area contributed by atoms with Crippen LogP contribution in [-0.2, 0) is 5.41 Å². The molecule has 0 atom stereocenters. The van der Waals surface area contributed by atoms with E-state index in [1.54, 1.807) is 18.2 Å². The van der Waals surface area contributed by atoms with Crippen LogP contribution in [0.5, 0.6) is 0 Å². The molecular weight excluding hydrogens is 272 g/mol. The fraction of sp³-hybridized carbons (Fsp3) is 0.286. The van der Waals surface area contributed by atoms with Gasteiger partial charge in [0.05, 0.1) is 11.3 Å². The Morgan fingerprint density at radius 3 is 2.55 bits per heavy atom. The molecule has 20 heavy (non-hydrogen) atoms. The Bertz CT molecular complexity index is 643. The van der Waals surface area contributed by atoms with Gasteiger partial charge in [0.2, 0.25) is 0 Å². The molecule has 0 saturated carbocycles. The van der Waals surface area contributed by atoms with E-state index in [0.717, 1.165) is 5.69 Å². The van der Waals surface area contributed by atoms with Gasteiger partial charge in [-0.05, 0) is 18.2 Å². The number of nitrogens with one attached hydrogen (secondary N) is 1. The normalized spacial score (nSPS) is 11.3. The van der Waals surface area contributed by atoms with Crippen molar-refractivity contribution in [3.63, 3.8) is 0 Å². The van der Waals surface area contributed by atoms with E-state index < -0.39 is 0 Å². The number of nitrogen functional groups attached to an aromatic ring is 2. The summed E-state index contributed by atoms with van der Waals surface area (Å²) in [5.74, 6) is -0.280. The minimum Gasteiger partial charge on any atom is -0.399 e. The molecule has 1 amide bonds. The SMILES string of the molecule is CC(C)(C)c1csc(NC(=O)c2ccc(N)cc2N)n1. The summed E-state index contributed by atoms with van der Waals surface area (Å²) < 4.78 is 0. The smallest absolute Gasteiger partial charge is 0.259 e. The maximum Gasteiger partial charge on any atom is 0.259 e. The van der Waals surface area contributed by atoms with Gasteiger partial charge in [0, 0.05) is 22.2 Å². The van der Waals surface area contributed by atoms with Crippen LogP contribution in [0.4, 0.5) is 16.5 Å². The second kappa shape index (κ2) is 5.13. The molecule has 0 aliphatic carbocycles. The molecule has 106 valence electrons. The Balaban J connectivity index is 2.17. The van der Waals surface area contributed by atoms with Crippen molar-refractivity contribution in [2.45, 2.75) is 26.2 Å². The van der Waals surface area contributed by atoms with Gasteiger partial charge in [-0.3, -0.25) is 10.1 Å². The van der Waals surface area contributed by atoms with Crippen LogP contribution >= 0.6 is 11.3 Å². The first-order chi connectivity index (χ1) is 9.27. The van der Waals surface area contributed by atoms with Gasteiger partial charge in [-0.2, -0.15) is 0 Å². The molecule has 5 N–H and O–H groups in total. The number of amides is 1. The second-order valence-corrected chi connectivity index (χ2v) is 6.45. The van der Waals surface area contributed by atoms with Crippen LogP contribution in [0.25, 0.3) is 0 Å². The average molecular weight is 290 g/mol.